The number of hydrogen-bond acceptors (Lipinski definition) is 3. The van der Waals surface area contributed by atoms with E-state index in [9.17, 15) is 5.11 Å². The lowest BCUT2D eigenvalue weighted by Gasteiger charge is -2.20. The van der Waals surface area contributed by atoms with Crippen LogP contribution in [0.5, 0.6) is 0 Å². The summed E-state index contributed by atoms with van der Waals surface area (Å²) in [6, 6.07) is 9.97. The summed E-state index contributed by atoms with van der Waals surface area (Å²) in [5.41, 5.74) is 5.73. The van der Waals surface area contributed by atoms with Crippen LogP contribution in [0.3, 0.4) is 0 Å². The third-order valence-electron chi connectivity index (χ3n) is 2.34. The molecule has 0 bridgehead atoms. The fraction of sp³-hybridized carbons (Fsp3) is 0.500. The van der Waals surface area contributed by atoms with Crippen molar-refractivity contribution in [2.75, 3.05) is 13.2 Å². The van der Waals surface area contributed by atoms with E-state index in [2.05, 4.69) is 0 Å². The van der Waals surface area contributed by atoms with Gasteiger partial charge in [-0.1, -0.05) is 30.3 Å². The summed E-state index contributed by atoms with van der Waals surface area (Å²) < 4.78 is 5.44. The zero-order valence-corrected chi connectivity index (χ0v) is 9.15. The smallest absolute Gasteiger partial charge is 0.0763 e. The summed E-state index contributed by atoms with van der Waals surface area (Å²) in [5.74, 6) is 0. The predicted molar refractivity (Wildman–Crippen MR) is 60.4 cm³/mol. The van der Waals surface area contributed by atoms with E-state index in [1.54, 1.807) is 6.92 Å². The summed E-state index contributed by atoms with van der Waals surface area (Å²) in [4.78, 5) is 0. The fourth-order valence-electron chi connectivity index (χ4n) is 1.16. The Bertz CT molecular complexity index is 272. The summed E-state index contributed by atoms with van der Waals surface area (Å²) in [6.07, 6.45) is 0.566. The summed E-state index contributed by atoms with van der Waals surface area (Å²) in [5, 5.41) is 9.62. The van der Waals surface area contributed by atoms with Crippen LogP contribution in [0.4, 0.5) is 0 Å². The van der Waals surface area contributed by atoms with Crippen molar-refractivity contribution in [1.29, 1.82) is 0 Å². The number of rotatable bonds is 6. The van der Waals surface area contributed by atoms with Gasteiger partial charge >= 0.3 is 0 Å². The first-order valence-corrected chi connectivity index (χ1v) is 5.18. The highest BCUT2D eigenvalue weighted by molar-refractivity contribution is 5.13. The Hall–Kier alpha value is -0.900. The number of nitrogens with two attached hydrogens (primary N) is 1. The van der Waals surface area contributed by atoms with Gasteiger partial charge in [-0.05, 0) is 12.5 Å². The molecule has 0 heterocycles. The molecule has 3 N–H and O–H groups in total. The molecule has 1 atom stereocenters. The molecule has 0 aliphatic carbocycles. The average Bonchev–Trinajstić information content (AvgIpc) is 2.26. The highest BCUT2D eigenvalue weighted by Gasteiger charge is 2.16. The highest BCUT2D eigenvalue weighted by Crippen LogP contribution is 2.08. The lowest BCUT2D eigenvalue weighted by molar-refractivity contribution is 0.0167. The third kappa shape index (κ3) is 4.93. The molecule has 1 rings (SSSR count). The SMILES string of the molecule is CC(O)(CN)CCOCc1ccccc1. The maximum atomic E-state index is 9.62. The maximum Gasteiger partial charge on any atom is 0.0763 e. The van der Waals surface area contributed by atoms with Crippen molar-refractivity contribution in [3.05, 3.63) is 35.9 Å². The molecule has 0 aliphatic heterocycles. The molecule has 0 radical (unpaired) electrons. The normalized spacial score (nSPS) is 14.9. The van der Waals surface area contributed by atoms with Gasteiger partial charge in [0.15, 0.2) is 0 Å². The van der Waals surface area contributed by atoms with Gasteiger partial charge in [-0.3, -0.25) is 0 Å². The first-order chi connectivity index (χ1) is 7.14. The van der Waals surface area contributed by atoms with Gasteiger partial charge in [-0.15, -0.1) is 0 Å². The second-order valence-corrected chi connectivity index (χ2v) is 3.99. The van der Waals surface area contributed by atoms with Crippen LogP contribution in [0.15, 0.2) is 30.3 Å². The topological polar surface area (TPSA) is 55.5 Å². The molecule has 0 spiro atoms. The number of aliphatic hydroxyl groups is 1. The van der Waals surface area contributed by atoms with Crippen molar-refractivity contribution in [2.24, 2.45) is 5.73 Å². The van der Waals surface area contributed by atoms with E-state index in [0.29, 0.717) is 19.6 Å². The Balaban J connectivity index is 2.18. The van der Waals surface area contributed by atoms with Crippen molar-refractivity contribution in [3.8, 4) is 0 Å². The minimum Gasteiger partial charge on any atom is -0.389 e. The Morgan fingerprint density at radius 3 is 2.60 bits per heavy atom. The largest absolute Gasteiger partial charge is 0.389 e. The minimum atomic E-state index is -0.809. The molecular weight excluding hydrogens is 190 g/mol. The van der Waals surface area contributed by atoms with Crippen LogP contribution in [0.25, 0.3) is 0 Å². The molecule has 0 aliphatic rings. The van der Waals surface area contributed by atoms with Crippen LogP contribution in [0, 0.1) is 0 Å². The van der Waals surface area contributed by atoms with Gasteiger partial charge in [-0.25, -0.2) is 0 Å². The second kappa shape index (κ2) is 5.85. The molecule has 84 valence electrons. The van der Waals surface area contributed by atoms with Gasteiger partial charge in [0.2, 0.25) is 0 Å². The van der Waals surface area contributed by atoms with E-state index in [-0.39, 0.29) is 6.54 Å². The van der Waals surface area contributed by atoms with E-state index in [4.69, 9.17) is 10.5 Å². The van der Waals surface area contributed by atoms with Crippen molar-refractivity contribution >= 4 is 0 Å². The molecule has 15 heavy (non-hydrogen) atoms. The Kier molecular flexibility index (Phi) is 4.75. The van der Waals surface area contributed by atoms with Crippen LogP contribution >= 0.6 is 0 Å². The van der Waals surface area contributed by atoms with Gasteiger partial charge in [0.1, 0.15) is 0 Å². The van der Waals surface area contributed by atoms with Gasteiger partial charge < -0.3 is 15.6 Å². The van der Waals surface area contributed by atoms with Crippen LogP contribution in [-0.4, -0.2) is 23.9 Å². The van der Waals surface area contributed by atoms with Gasteiger partial charge in [0.05, 0.1) is 12.2 Å². The first-order valence-electron chi connectivity index (χ1n) is 5.18. The van der Waals surface area contributed by atoms with Crippen LogP contribution in [0.2, 0.25) is 0 Å². The number of hydrogen-bond donors (Lipinski definition) is 2. The number of benzene rings is 1. The van der Waals surface area contributed by atoms with Crippen LogP contribution in [-0.2, 0) is 11.3 Å². The summed E-state index contributed by atoms with van der Waals surface area (Å²) in [6.45, 7) is 3.10. The summed E-state index contributed by atoms with van der Waals surface area (Å²) >= 11 is 0. The molecule has 1 aromatic carbocycles. The Morgan fingerprint density at radius 1 is 1.33 bits per heavy atom. The van der Waals surface area contributed by atoms with E-state index in [1.807, 2.05) is 30.3 Å². The minimum absolute atomic E-state index is 0.266. The van der Waals surface area contributed by atoms with Gasteiger partial charge in [0, 0.05) is 19.6 Å². The van der Waals surface area contributed by atoms with E-state index in [0.717, 1.165) is 5.56 Å². The second-order valence-electron chi connectivity index (χ2n) is 3.99. The maximum absolute atomic E-state index is 9.62. The lowest BCUT2D eigenvalue weighted by atomic mass is 10.0. The fourth-order valence-corrected chi connectivity index (χ4v) is 1.16. The molecule has 1 aromatic rings. The van der Waals surface area contributed by atoms with Crippen molar-refractivity contribution < 1.29 is 9.84 Å². The molecule has 3 nitrogen and oxygen atoms in total. The van der Waals surface area contributed by atoms with Crippen LogP contribution < -0.4 is 5.73 Å². The Labute approximate surface area is 90.9 Å². The standard InChI is InChI=1S/C12H19NO2/c1-12(14,10-13)7-8-15-9-11-5-3-2-4-6-11/h2-6,14H,7-10,13H2,1H3. The van der Waals surface area contributed by atoms with Crippen molar-refractivity contribution in [1.82, 2.24) is 0 Å². The molecule has 3 heteroatoms. The monoisotopic (exact) mass is 209 g/mol. The highest BCUT2D eigenvalue weighted by atomic mass is 16.5. The Morgan fingerprint density at radius 2 is 2.00 bits per heavy atom. The van der Waals surface area contributed by atoms with Crippen LogP contribution in [0.1, 0.15) is 18.9 Å². The zero-order valence-electron chi connectivity index (χ0n) is 9.15. The van der Waals surface area contributed by atoms with Gasteiger partial charge in [0.25, 0.3) is 0 Å². The van der Waals surface area contributed by atoms with E-state index in [1.165, 1.54) is 0 Å². The average molecular weight is 209 g/mol. The van der Waals surface area contributed by atoms with Crippen molar-refractivity contribution in [2.45, 2.75) is 25.6 Å². The van der Waals surface area contributed by atoms with Crippen molar-refractivity contribution in [3.63, 3.8) is 0 Å². The quantitative estimate of drug-likeness (QED) is 0.694. The third-order valence-corrected chi connectivity index (χ3v) is 2.34. The van der Waals surface area contributed by atoms with E-state index < -0.39 is 5.60 Å². The van der Waals surface area contributed by atoms with Gasteiger partial charge in [-0.2, -0.15) is 0 Å². The molecule has 0 saturated carbocycles. The molecule has 0 aromatic heterocycles. The number of ether oxygens (including phenoxy) is 1. The summed E-state index contributed by atoms with van der Waals surface area (Å²) in [7, 11) is 0. The lowest BCUT2D eigenvalue weighted by Crippen LogP contribution is -2.35. The molecular formula is C12H19NO2. The molecule has 0 saturated heterocycles. The van der Waals surface area contributed by atoms with E-state index >= 15 is 0 Å². The predicted octanol–water partition coefficient (Wildman–Crippen LogP) is 1.30. The molecule has 0 fully saturated rings. The molecule has 1 unspecified atom stereocenters. The zero-order chi connectivity index (χ0) is 11.1. The molecule has 0 amide bonds. The first kappa shape index (κ1) is 12.2.